The molecule has 0 saturated heterocycles. The molecule has 11 heteroatoms. The Morgan fingerprint density at radius 3 is 2.00 bits per heavy atom. The van der Waals surface area contributed by atoms with Crippen LogP contribution in [0, 0.1) is 49.7 Å². The second-order valence-corrected chi connectivity index (χ2v) is 4.82. The fraction of sp³-hybridized carbons (Fsp3) is 0.700. The lowest BCUT2D eigenvalue weighted by Crippen LogP contribution is -2.57. The van der Waals surface area contributed by atoms with Gasteiger partial charge in [-0.3, -0.25) is 0 Å². The monoisotopic (exact) mass is 297 g/mol. The molecule has 0 fully saturated rings. The van der Waals surface area contributed by atoms with E-state index in [1.54, 1.807) is 12.1 Å². The number of nitriles is 3. The van der Waals surface area contributed by atoms with Crippen molar-refractivity contribution in [3.05, 3.63) is 9.81 Å². The summed E-state index contributed by atoms with van der Waals surface area (Å²) in [6, 6.07) is 5.25. The van der Waals surface area contributed by atoms with Crippen LogP contribution in [-0.2, 0) is 0 Å². The van der Waals surface area contributed by atoms with Crippen molar-refractivity contribution in [2.24, 2.45) is 5.92 Å². The fourth-order valence-corrected chi connectivity index (χ4v) is 1.94. The summed E-state index contributed by atoms with van der Waals surface area (Å²) in [5.74, 6) is -0.683. The molecule has 0 heterocycles. The van der Waals surface area contributed by atoms with E-state index in [4.69, 9.17) is 20.9 Å². The number of hydrogen-bond acceptors (Lipinski definition) is 5. The predicted octanol–water partition coefficient (Wildman–Crippen LogP) is -0.184. The first kappa shape index (κ1) is 17.9. The van der Waals surface area contributed by atoms with E-state index in [9.17, 15) is 15.1 Å². The third-order valence-corrected chi connectivity index (χ3v) is 2.64. The lowest BCUT2D eigenvalue weighted by molar-refractivity contribution is -0.842. The van der Waals surface area contributed by atoms with Gasteiger partial charge in [-0.05, 0) is 13.8 Å². The highest BCUT2D eigenvalue weighted by atomic mass is 16.7. The summed E-state index contributed by atoms with van der Waals surface area (Å²) >= 11 is 0. The van der Waals surface area contributed by atoms with Crippen LogP contribution in [0.1, 0.15) is 26.7 Å². The molecular formula is C10H15N7O4+2. The van der Waals surface area contributed by atoms with E-state index >= 15 is 0 Å². The van der Waals surface area contributed by atoms with E-state index in [0.717, 1.165) is 0 Å². The molecule has 0 aliphatic rings. The third kappa shape index (κ3) is 5.57. The smallest absolute Gasteiger partial charge is 0.219 e. The SMILES string of the molecule is CC(C#N)CC(C#N)(CC(C)(C#N)N[N+](=O)O)N[N+](=O)O. The Hall–Kier alpha value is -3.13. The average molecular weight is 297 g/mol. The summed E-state index contributed by atoms with van der Waals surface area (Å²) in [5, 5.41) is 43.1. The number of rotatable bonds is 8. The molecule has 0 aromatic rings. The summed E-state index contributed by atoms with van der Waals surface area (Å²) in [4.78, 5) is 21.4. The first-order chi connectivity index (χ1) is 9.62. The molecular weight excluding hydrogens is 282 g/mol. The zero-order chi connectivity index (χ0) is 16.7. The molecule has 3 unspecified atom stereocenters. The van der Waals surface area contributed by atoms with Gasteiger partial charge in [-0.2, -0.15) is 15.8 Å². The van der Waals surface area contributed by atoms with Gasteiger partial charge in [0.25, 0.3) is 0 Å². The number of nitrogens with zero attached hydrogens (tertiary/aromatic N) is 5. The zero-order valence-corrected chi connectivity index (χ0v) is 11.4. The van der Waals surface area contributed by atoms with Crippen LogP contribution >= 0.6 is 0 Å². The number of hydrazine groups is 2. The standard InChI is InChI=1S/C10H15N7O4/c1-8(4-11)3-10(7-13,15-17(20)21)5-9(2,6-12)14-16(18)19/h8,14-15H,3,5H2,1-2H3,(H,18,19)(H,20,21)/q+2. The summed E-state index contributed by atoms with van der Waals surface area (Å²) in [7, 11) is 0. The molecule has 0 aliphatic carbocycles. The molecule has 0 bridgehead atoms. The van der Waals surface area contributed by atoms with Crippen LogP contribution in [0.5, 0.6) is 0 Å². The van der Waals surface area contributed by atoms with E-state index in [2.05, 4.69) is 0 Å². The van der Waals surface area contributed by atoms with Crippen molar-refractivity contribution in [2.75, 3.05) is 0 Å². The Bertz CT molecular complexity index is 545. The zero-order valence-electron chi connectivity index (χ0n) is 11.4. The van der Waals surface area contributed by atoms with Crippen LogP contribution in [0.2, 0.25) is 0 Å². The maximum atomic E-state index is 10.8. The predicted molar refractivity (Wildman–Crippen MR) is 63.5 cm³/mol. The lowest BCUT2D eigenvalue weighted by Gasteiger charge is -2.27. The molecule has 0 saturated carbocycles. The van der Waals surface area contributed by atoms with Gasteiger partial charge in [-0.1, -0.05) is 10.9 Å². The largest absolute Gasteiger partial charge is 0.356 e. The van der Waals surface area contributed by atoms with E-state index in [1.165, 1.54) is 13.8 Å². The third-order valence-electron chi connectivity index (χ3n) is 2.64. The van der Waals surface area contributed by atoms with Crippen LogP contribution < -0.4 is 10.9 Å². The summed E-state index contributed by atoms with van der Waals surface area (Å²) in [6.07, 6.45) is -0.680. The minimum atomic E-state index is -1.81. The van der Waals surface area contributed by atoms with Crippen molar-refractivity contribution in [1.82, 2.24) is 10.9 Å². The van der Waals surface area contributed by atoms with Crippen molar-refractivity contribution in [3.63, 3.8) is 0 Å². The van der Waals surface area contributed by atoms with Crippen molar-refractivity contribution in [2.45, 2.75) is 37.8 Å². The summed E-state index contributed by atoms with van der Waals surface area (Å²) in [5.41, 5.74) is 0.217. The Morgan fingerprint density at radius 2 is 1.67 bits per heavy atom. The molecule has 3 atom stereocenters. The molecule has 0 aromatic heterocycles. The highest BCUT2D eigenvalue weighted by Gasteiger charge is 2.48. The van der Waals surface area contributed by atoms with Gasteiger partial charge in [0.15, 0.2) is 11.1 Å². The molecule has 0 radical (unpaired) electrons. The van der Waals surface area contributed by atoms with Crippen LogP contribution in [0.25, 0.3) is 0 Å². The Labute approximate surface area is 120 Å². The number of hydrogen-bond donors (Lipinski definition) is 4. The highest BCUT2D eigenvalue weighted by Crippen LogP contribution is 2.26. The first-order valence-electron chi connectivity index (χ1n) is 5.72. The normalized spacial score (nSPS) is 16.7. The minimum Gasteiger partial charge on any atom is -0.219 e. The van der Waals surface area contributed by atoms with Gasteiger partial charge < -0.3 is 0 Å². The maximum absolute atomic E-state index is 10.8. The van der Waals surface area contributed by atoms with Gasteiger partial charge in [0.2, 0.25) is 0 Å². The van der Waals surface area contributed by atoms with Crippen molar-refractivity contribution in [1.29, 1.82) is 15.8 Å². The highest BCUT2D eigenvalue weighted by molar-refractivity contribution is 5.16. The lowest BCUT2D eigenvalue weighted by atomic mass is 9.80. The Morgan fingerprint density at radius 1 is 1.14 bits per heavy atom. The van der Waals surface area contributed by atoms with Gasteiger partial charge in [-0.25, -0.2) is 10.4 Å². The topological polar surface area (TPSA) is 176 Å². The molecule has 0 aromatic carbocycles. The maximum Gasteiger partial charge on any atom is 0.356 e. The molecule has 112 valence electrons. The minimum absolute atomic E-state index is 0.206. The Kier molecular flexibility index (Phi) is 5.85. The Balaban J connectivity index is 5.54. The van der Waals surface area contributed by atoms with Crippen molar-refractivity contribution < 1.29 is 20.5 Å². The molecule has 11 nitrogen and oxygen atoms in total. The van der Waals surface area contributed by atoms with Gasteiger partial charge in [-0.15, -0.1) is 0 Å². The van der Waals surface area contributed by atoms with Crippen LogP contribution in [0.3, 0.4) is 0 Å². The van der Waals surface area contributed by atoms with E-state index in [0.29, 0.717) is 0 Å². The van der Waals surface area contributed by atoms with Crippen LogP contribution in [0.4, 0.5) is 0 Å². The van der Waals surface area contributed by atoms with Gasteiger partial charge in [0.1, 0.15) is 9.81 Å². The average Bonchev–Trinajstić information content (AvgIpc) is 2.36. The molecule has 0 spiro atoms. The second-order valence-electron chi connectivity index (χ2n) is 4.82. The van der Waals surface area contributed by atoms with Gasteiger partial charge in [0, 0.05) is 18.8 Å². The summed E-state index contributed by atoms with van der Waals surface area (Å²) < 4.78 is 0. The molecule has 0 aliphatic heterocycles. The van der Waals surface area contributed by atoms with E-state index in [-0.39, 0.29) is 6.42 Å². The van der Waals surface area contributed by atoms with E-state index < -0.39 is 33.5 Å². The summed E-state index contributed by atoms with van der Waals surface area (Å²) in [6.45, 7) is 2.68. The second kappa shape index (κ2) is 6.87. The van der Waals surface area contributed by atoms with Gasteiger partial charge in [0.05, 0.1) is 18.2 Å². The quantitative estimate of drug-likeness (QED) is 0.442. The molecule has 4 N–H and O–H groups in total. The van der Waals surface area contributed by atoms with Crippen LogP contribution in [0.15, 0.2) is 0 Å². The van der Waals surface area contributed by atoms with E-state index in [1.807, 2.05) is 16.9 Å². The first-order valence-corrected chi connectivity index (χ1v) is 5.72. The van der Waals surface area contributed by atoms with Crippen LogP contribution in [-0.4, -0.2) is 31.6 Å². The molecule has 21 heavy (non-hydrogen) atoms. The van der Waals surface area contributed by atoms with Gasteiger partial charge >= 0.3 is 10.1 Å². The van der Waals surface area contributed by atoms with Crippen molar-refractivity contribution in [3.8, 4) is 18.2 Å². The number of nitrogens with one attached hydrogen (secondary N) is 2. The van der Waals surface area contributed by atoms with Crippen molar-refractivity contribution >= 4 is 0 Å². The fourth-order valence-electron chi connectivity index (χ4n) is 1.94. The molecule has 0 amide bonds. The molecule has 0 rings (SSSR count).